The number of nitrogens with zero attached hydrogens (tertiary/aromatic N) is 5. The van der Waals surface area contributed by atoms with E-state index < -0.39 is 18.1 Å². The van der Waals surface area contributed by atoms with Crippen LogP contribution in [0.3, 0.4) is 0 Å². The Morgan fingerprint density at radius 3 is 2.52 bits per heavy atom. The van der Waals surface area contributed by atoms with Gasteiger partial charge in [-0.1, -0.05) is 0 Å². The molecule has 10 heteroatoms. The van der Waals surface area contributed by atoms with Crippen LogP contribution in [0.1, 0.15) is 29.9 Å². The zero-order valence-corrected chi connectivity index (χ0v) is 16.5. The van der Waals surface area contributed by atoms with Crippen LogP contribution in [0.2, 0.25) is 0 Å². The summed E-state index contributed by atoms with van der Waals surface area (Å²) >= 11 is 0. The Hall–Kier alpha value is -2.49. The molecule has 0 spiro atoms. The number of piperidine rings is 1. The number of alkyl halides is 3. The molecule has 7 nitrogen and oxygen atoms in total. The van der Waals surface area contributed by atoms with E-state index in [-0.39, 0.29) is 18.4 Å². The number of hydrogen-bond donors (Lipinski definition) is 1. The monoisotopic (exact) mass is 408 g/mol. The van der Waals surface area contributed by atoms with E-state index in [9.17, 15) is 18.0 Å². The van der Waals surface area contributed by atoms with Gasteiger partial charge < -0.3 is 5.32 Å². The minimum atomic E-state index is -4.20. The highest BCUT2D eigenvalue weighted by molar-refractivity contribution is 5.91. The molecule has 2 aromatic rings. The van der Waals surface area contributed by atoms with E-state index in [1.165, 1.54) is 4.68 Å². The van der Waals surface area contributed by atoms with Gasteiger partial charge in [-0.05, 0) is 52.1 Å². The summed E-state index contributed by atoms with van der Waals surface area (Å²) in [5.41, 5.74) is 2.20. The second kappa shape index (κ2) is 7.08. The number of fused-ring (bicyclic) bond motifs is 1. The molecule has 29 heavy (non-hydrogen) atoms. The molecule has 0 radical (unpaired) electrons. The minimum absolute atomic E-state index is 0.0777. The number of anilines is 1. The molecule has 3 heterocycles. The van der Waals surface area contributed by atoms with Gasteiger partial charge in [-0.25, -0.2) is 9.97 Å². The molecular formula is C19H23F3N6O. The van der Waals surface area contributed by atoms with Crippen molar-refractivity contribution in [1.82, 2.24) is 24.6 Å². The molecule has 1 N–H and O–H groups in total. The fourth-order valence-electron chi connectivity index (χ4n) is 4.41. The summed E-state index contributed by atoms with van der Waals surface area (Å²) in [5.74, 6) is -1.33. The first-order valence-electron chi connectivity index (χ1n) is 9.63. The lowest BCUT2D eigenvalue weighted by atomic mass is 10.1. The maximum Gasteiger partial charge on any atom is 0.393 e. The Labute approximate surface area is 166 Å². The average Bonchev–Trinajstić information content (AvgIpc) is 3.25. The van der Waals surface area contributed by atoms with Crippen LogP contribution in [0.15, 0.2) is 12.1 Å². The van der Waals surface area contributed by atoms with Crippen LogP contribution in [-0.2, 0) is 4.79 Å². The normalized spacial score (nSPS) is 24.3. The van der Waals surface area contributed by atoms with Gasteiger partial charge in [-0.15, -0.1) is 0 Å². The summed E-state index contributed by atoms with van der Waals surface area (Å²) in [4.78, 5) is 23.0. The third-order valence-electron chi connectivity index (χ3n) is 5.52. The highest BCUT2D eigenvalue weighted by Crippen LogP contribution is 2.56. The van der Waals surface area contributed by atoms with Crippen LogP contribution in [0.25, 0.3) is 5.95 Å². The maximum absolute atomic E-state index is 13.2. The van der Waals surface area contributed by atoms with Gasteiger partial charge in [-0.2, -0.15) is 23.0 Å². The molecule has 1 saturated heterocycles. The van der Waals surface area contributed by atoms with Gasteiger partial charge in [0.2, 0.25) is 5.91 Å². The van der Waals surface area contributed by atoms with E-state index in [2.05, 4.69) is 20.4 Å². The summed E-state index contributed by atoms with van der Waals surface area (Å²) in [6.45, 7) is 5.88. The second-order valence-electron chi connectivity index (χ2n) is 7.92. The van der Waals surface area contributed by atoms with Crippen molar-refractivity contribution in [3.05, 3.63) is 29.2 Å². The SMILES string of the molecule is Cc1cc(C)nc(-n2nc(C)cc2NC(=O)CN2CCCC3C2C3C(F)(F)F)n1. The first-order valence-corrected chi connectivity index (χ1v) is 9.63. The Bertz CT molecular complexity index is 920. The van der Waals surface area contributed by atoms with Crippen molar-refractivity contribution in [3.63, 3.8) is 0 Å². The van der Waals surface area contributed by atoms with Crippen LogP contribution in [0.4, 0.5) is 19.0 Å². The number of amides is 1. The molecule has 2 aliphatic rings. The Morgan fingerprint density at radius 1 is 1.17 bits per heavy atom. The van der Waals surface area contributed by atoms with E-state index >= 15 is 0 Å². The number of nitrogens with one attached hydrogen (secondary N) is 1. The number of rotatable bonds is 4. The van der Waals surface area contributed by atoms with Crippen molar-refractivity contribution >= 4 is 11.7 Å². The van der Waals surface area contributed by atoms with Gasteiger partial charge in [0.25, 0.3) is 5.95 Å². The number of aryl methyl sites for hydroxylation is 3. The van der Waals surface area contributed by atoms with E-state index in [4.69, 9.17) is 0 Å². The molecule has 0 bridgehead atoms. The summed E-state index contributed by atoms with van der Waals surface area (Å²) in [7, 11) is 0. The lowest BCUT2D eigenvalue weighted by Crippen LogP contribution is -2.39. The number of carbonyl (C=O) groups excluding carboxylic acids is 1. The van der Waals surface area contributed by atoms with Crippen LogP contribution >= 0.6 is 0 Å². The molecular weight excluding hydrogens is 385 g/mol. The zero-order chi connectivity index (χ0) is 20.9. The van der Waals surface area contributed by atoms with E-state index in [1.807, 2.05) is 19.9 Å². The number of carbonyl (C=O) groups is 1. The Kier molecular flexibility index (Phi) is 4.84. The van der Waals surface area contributed by atoms with Crippen LogP contribution in [-0.4, -0.2) is 55.9 Å². The molecule has 1 amide bonds. The van der Waals surface area contributed by atoms with Crippen molar-refractivity contribution in [1.29, 1.82) is 0 Å². The maximum atomic E-state index is 13.2. The standard InChI is InChI=1S/C19H23F3N6O/c1-10-7-11(2)24-18(23-10)28-14(8-12(3)26-28)25-15(29)9-27-6-4-5-13-16(17(13)27)19(20,21)22/h7-8,13,16-17H,4-6,9H2,1-3H3,(H,25,29). The van der Waals surface area contributed by atoms with Crippen LogP contribution in [0.5, 0.6) is 0 Å². The molecule has 2 aromatic heterocycles. The predicted octanol–water partition coefficient (Wildman–Crippen LogP) is 2.80. The van der Waals surface area contributed by atoms with Crippen molar-refractivity contribution in [2.24, 2.45) is 11.8 Å². The van der Waals surface area contributed by atoms with Gasteiger partial charge in [0.05, 0.1) is 18.2 Å². The fourth-order valence-corrected chi connectivity index (χ4v) is 4.41. The Balaban J connectivity index is 1.48. The molecule has 0 aromatic carbocycles. The smallest absolute Gasteiger partial charge is 0.309 e. The third-order valence-corrected chi connectivity index (χ3v) is 5.52. The van der Waals surface area contributed by atoms with Crippen LogP contribution < -0.4 is 5.32 Å². The highest BCUT2D eigenvalue weighted by atomic mass is 19.4. The van der Waals surface area contributed by atoms with Crippen molar-refractivity contribution in [3.8, 4) is 5.95 Å². The lowest BCUT2D eigenvalue weighted by Gasteiger charge is -2.25. The predicted molar refractivity (Wildman–Crippen MR) is 99.6 cm³/mol. The summed E-state index contributed by atoms with van der Waals surface area (Å²) in [6.07, 6.45) is -2.96. The molecule has 4 rings (SSSR count). The molecule has 2 fully saturated rings. The largest absolute Gasteiger partial charge is 0.393 e. The third kappa shape index (κ3) is 3.98. The first kappa shape index (κ1) is 19.8. The van der Waals surface area contributed by atoms with Gasteiger partial charge in [0.15, 0.2) is 0 Å². The van der Waals surface area contributed by atoms with E-state index in [1.54, 1.807) is 17.9 Å². The fraction of sp³-hybridized carbons (Fsp3) is 0.579. The number of hydrogen-bond acceptors (Lipinski definition) is 5. The van der Waals surface area contributed by atoms with E-state index in [0.29, 0.717) is 36.8 Å². The van der Waals surface area contributed by atoms with Crippen molar-refractivity contribution in [2.75, 3.05) is 18.4 Å². The number of likely N-dealkylation sites (tertiary alicyclic amines) is 1. The van der Waals surface area contributed by atoms with Crippen molar-refractivity contribution < 1.29 is 18.0 Å². The highest BCUT2D eigenvalue weighted by Gasteiger charge is 2.66. The molecule has 3 atom stereocenters. The quantitative estimate of drug-likeness (QED) is 0.842. The van der Waals surface area contributed by atoms with Gasteiger partial charge in [0.1, 0.15) is 5.82 Å². The topological polar surface area (TPSA) is 75.9 Å². The second-order valence-corrected chi connectivity index (χ2v) is 7.92. The summed E-state index contributed by atoms with van der Waals surface area (Å²) in [5, 5.41) is 7.11. The first-order chi connectivity index (χ1) is 13.6. The van der Waals surface area contributed by atoms with Crippen molar-refractivity contribution in [2.45, 2.75) is 45.8 Å². The summed E-state index contributed by atoms with van der Waals surface area (Å²) in [6, 6.07) is 2.94. The number of halogens is 3. The molecule has 1 aliphatic heterocycles. The molecule has 3 unspecified atom stereocenters. The molecule has 156 valence electrons. The van der Waals surface area contributed by atoms with Gasteiger partial charge >= 0.3 is 6.18 Å². The van der Waals surface area contributed by atoms with Gasteiger partial charge in [0, 0.05) is 23.5 Å². The minimum Gasteiger partial charge on any atom is -0.309 e. The zero-order valence-electron chi connectivity index (χ0n) is 16.5. The molecule has 1 saturated carbocycles. The average molecular weight is 408 g/mol. The Morgan fingerprint density at radius 2 is 1.86 bits per heavy atom. The lowest BCUT2D eigenvalue weighted by molar-refractivity contribution is -0.154. The van der Waals surface area contributed by atoms with E-state index in [0.717, 1.165) is 11.4 Å². The number of aromatic nitrogens is 4. The summed E-state index contributed by atoms with van der Waals surface area (Å²) < 4.78 is 40.9. The van der Waals surface area contributed by atoms with Gasteiger partial charge in [-0.3, -0.25) is 9.69 Å². The van der Waals surface area contributed by atoms with Crippen LogP contribution in [0, 0.1) is 32.6 Å². The molecule has 1 aliphatic carbocycles.